The van der Waals surface area contributed by atoms with Crippen molar-refractivity contribution in [3.8, 4) is 11.4 Å². The smallest absolute Gasteiger partial charge is 0.148 e. The Balaban J connectivity index is 0.00000133. The van der Waals surface area contributed by atoms with Crippen molar-refractivity contribution in [2.45, 2.75) is 6.92 Å². The number of hydrogen-bond acceptors (Lipinski definition) is 2. The van der Waals surface area contributed by atoms with E-state index < -0.39 is 0 Å². The molecule has 19 heavy (non-hydrogen) atoms. The SMILES string of the molecule is [C-]#[N+]c1cc[c-]c(-c2nc3c(C)cccn3n2)c1.[Ir]. The van der Waals surface area contributed by atoms with E-state index in [1.807, 2.05) is 25.3 Å². The standard InChI is InChI=1S/C14H9N4.Ir/c1-10-5-4-8-18-14(10)16-13(17-18)11-6-3-7-12(9-11)15-2;/h3-5,7-9H,1H3;/q-1;. The first kappa shape index (κ1) is 13.4. The molecular formula is C14H9IrN4-. The Bertz CT molecular complexity index is 770. The topological polar surface area (TPSA) is 34.5 Å². The van der Waals surface area contributed by atoms with E-state index in [4.69, 9.17) is 6.57 Å². The molecule has 0 unspecified atom stereocenters. The number of aryl methyl sites for hydroxylation is 1. The molecule has 0 amide bonds. The van der Waals surface area contributed by atoms with Crippen LogP contribution in [0, 0.1) is 19.6 Å². The third-order valence-electron chi connectivity index (χ3n) is 2.71. The second-order valence-corrected chi connectivity index (χ2v) is 3.97. The van der Waals surface area contributed by atoms with E-state index in [1.165, 1.54) is 0 Å². The Hall–Kier alpha value is -2.02. The van der Waals surface area contributed by atoms with E-state index in [2.05, 4.69) is 21.0 Å². The molecule has 3 aromatic rings. The van der Waals surface area contributed by atoms with Crippen molar-refractivity contribution in [1.29, 1.82) is 0 Å². The van der Waals surface area contributed by atoms with Crippen molar-refractivity contribution < 1.29 is 20.1 Å². The third-order valence-corrected chi connectivity index (χ3v) is 2.71. The summed E-state index contributed by atoms with van der Waals surface area (Å²) in [6, 6.07) is 12.2. The molecule has 0 fully saturated rings. The zero-order valence-electron chi connectivity index (χ0n) is 10.1. The molecule has 0 N–H and O–H groups in total. The van der Waals surface area contributed by atoms with Crippen molar-refractivity contribution in [2.75, 3.05) is 0 Å². The molecule has 95 valence electrons. The molecule has 5 heteroatoms. The van der Waals surface area contributed by atoms with Gasteiger partial charge in [0.05, 0.1) is 12.4 Å². The summed E-state index contributed by atoms with van der Waals surface area (Å²) in [5.41, 5.74) is 3.21. The van der Waals surface area contributed by atoms with Gasteiger partial charge >= 0.3 is 0 Å². The predicted molar refractivity (Wildman–Crippen MR) is 68.3 cm³/mol. The van der Waals surface area contributed by atoms with E-state index in [1.54, 1.807) is 22.7 Å². The molecule has 0 atom stereocenters. The van der Waals surface area contributed by atoms with Gasteiger partial charge in [-0.25, -0.2) is 4.52 Å². The Kier molecular flexibility index (Phi) is 3.75. The van der Waals surface area contributed by atoms with Gasteiger partial charge in [0.15, 0.2) is 0 Å². The van der Waals surface area contributed by atoms with Crippen molar-refractivity contribution >= 4 is 11.3 Å². The summed E-state index contributed by atoms with van der Waals surface area (Å²) in [7, 11) is 0. The molecule has 4 nitrogen and oxygen atoms in total. The number of benzene rings is 1. The molecule has 1 aromatic carbocycles. The third kappa shape index (κ3) is 2.41. The fourth-order valence-electron chi connectivity index (χ4n) is 1.81. The average Bonchev–Trinajstić information content (AvgIpc) is 2.84. The van der Waals surface area contributed by atoms with Crippen LogP contribution in [-0.4, -0.2) is 14.6 Å². The van der Waals surface area contributed by atoms with Crippen molar-refractivity contribution in [3.05, 3.63) is 59.6 Å². The molecule has 0 spiro atoms. The van der Waals surface area contributed by atoms with Gasteiger partial charge in [0.1, 0.15) is 11.3 Å². The summed E-state index contributed by atoms with van der Waals surface area (Å²) in [5, 5.41) is 4.39. The minimum absolute atomic E-state index is 0. The number of nitrogens with zero attached hydrogens (tertiary/aromatic N) is 4. The Labute approximate surface area is 124 Å². The number of fused-ring (bicyclic) bond motifs is 1. The summed E-state index contributed by atoms with van der Waals surface area (Å²) in [5.74, 6) is 0.592. The largest absolute Gasteiger partial charge is 0.259 e. The molecule has 0 saturated carbocycles. The maximum absolute atomic E-state index is 7.01. The van der Waals surface area contributed by atoms with Crippen molar-refractivity contribution in [2.24, 2.45) is 0 Å². The fraction of sp³-hybridized carbons (Fsp3) is 0.0714. The summed E-state index contributed by atoms with van der Waals surface area (Å²) < 4.78 is 1.74. The Morgan fingerprint density at radius 1 is 1.37 bits per heavy atom. The van der Waals surface area contributed by atoms with Gasteiger partial charge in [-0.1, -0.05) is 6.07 Å². The first-order chi connectivity index (χ1) is 8.78. The summed E-state index contributed by atoms with van der Waals surface area (Å²) in [6.45, 7) is 9.00. The van der Waals surface area contributed by atoms with Gasteiger partial charge in [-0.3, -0.25) is 9.83 Å². The molecule has 0 aliphatic carbocycles. The van der Waals surface area contributed by atoms with Gasteiger partial charge in [-0.15, -0.1) is 23.8 Å². The zero-order chi connectivity index (χ0) is 12.5. The number of pyridine rings is 1. The van der Waals surface area contributed by atoms with Crippen LogP contribution >= 0.6 is 0 Å². The molecule has 0 bridgehead atoms. The number of aromatic nitrogens is 3. The van der Waals surface area contributed by atoms with Gasteiger partial charge < -0.3 is 0 Å². The van der Waals surface area contributed by atoms with Crippen LogP contribution in [0.2, 0.25) is 0 Å². The van der Waals surface area contributed by atoms with Gasteiger partial charge in [0, 0.05) is 26.3 Å². The Morgan fingerprint density at radius 2 is 2.21 bits per heavy atom. The van der Waals surface area contributed by atoms with Crippen LogP contribution in [0.15, 0.2) is 36.5 Å². The molecule has 1 radical (unpaired) electrons. The molecule has 0 aliphatic heterocycles. The van der Waals surface area contributed by atoms with E-state index in [-0.39, 0.29) is 20.1 Å². The Morgan fingerprint density at radius 3 is 2.95 bits per heavy atom. The molecule has 0 saturated heterocycles. The van der Waals surface area contributed by atoms with Gasteiger partial charge in [-0.05, 0) is 18.6 Å². The predicted octanol–water partition coefficient (Wildman–Crippen LogP) is 3.05. The van der Waals surface area contributed by atoms with Crippen LogP contribution in [-0.2, 0) is 20.1 Å². The molecule has 0 aliphatic rings. The normalized spacial score (nSPS) is 9.89. The maximum atomic E-state index is 7.01. The minimum atomic E-state index is 0. The average molecular weight is 425 g/mol. The molecule has 3 rings (SSSR count). The van der Waals surface area contributed by atoms with Crippen LogP contribution in [0.1, 0.15) is 5.56 Å². The first-order valence-corrected chi connectivity index (χ1v) is 5.49. The molecule has 2 heterocycles. The maximum Gasteiger partial charge on any atom is 0.148 e. The number of hydrogen-bond donors (Lipinski definition) is 0. The van der Waals surface area contributed by atoms with Crippen molar-refractivity contribution in [1.82, 2.24) is 14.6 Å². The molecule has 2 aromatic heterocycles. The van der Waals surface area contributed by atoms with Gasteiger partial charge in [0.25, 0.3) is 0 Å². The minimum Gasteiger partial charge on any atom is -0.259 e. The van der Waals surface area contributed by atoms with Crippen LogP contribution in [0.3, 0.4) is 0 Å². The monoisotopic (exact) mass is 426 g/mol. The van der Waals surface area contributed by atoms with Crippen LogP contribution in [0.25, 0.3) is 21.9 Å². The number of rotatable bonds is 1. The van der Waals surface area contributed by atoms with Gasteiger partial charge in [0.2, 0.25) is 0 Å². The molecular weight excluding hydrogens is 416 g/mol. The van der Waals surface area contributed by atoms with Crippen LogP contribution in [0.4, 0.5) is 5.69 Å². The summed E-state index contributed by atoms with van der Waals surface area (Å²) in [4.78, 5) is 7.87. The van der Waals surface area contributed by atoms with E-state index in [0.29, 0.717) is 11.5 Å². The van der Waals surface area contributed by atoms with Crippen molar-refractivity contribution in [3.63, 3.8) is 0 Å². The summed E-state index contributed by atoms with van der Waals surface area (Å²) in [6.07, 6.45) is 1.86. The zero-order valence-corrected chi connectivity index (χ0v) is 12.5. The van der Waals surface area contributed by atoms with Crippen LogP contribution < -0.4 is 0 Å². The summed E-state index contributed by atoms with van der Waals surface area (Å²) >= 11 is 0. The second-order valence-electron chi connectivity index (χ2n) is 3.97. The van der Waals surface area contributed by atoms with E-state index in [9.17, 15) is 0 Å². The second kappa shape index (κ2) is 5.31. The fourth-order valence-corrected chi connectivity index (χ4v) is 1.81. The van der Waals surface area contributed by atoms with E-state index >= 15 is 0 Å². The quantitative estimate of drug-likeness (QED) is 0.562. The van der Waals surface area contributed by atoms with E-state index in [0.717, 1.165) is 16.8 Å². The van der Waals surface area contributed by atoms with Gasteiger partial charge in [-0.2, -0.15) is 11.2 Å². The van der Waals surface area contributed by atoms with Crippen LogP contribution in [0.5, 0.6) is 0 Å². The first-order valence-electron chi connectivity index (χ1n) is 5.49.